The number of carbonyl (C=O) groups excluding carboxylic acids is 2. The number of esters is 1. The van der Waals surface area contributed by atoms with Crippen molar-refractivity contribution in [1.82, 2.24) is 5.32 Å². The van der Waals surface area contributed by atoms with Gasteiger partial charge in [-0.15, -0.1) is 0 Å². The first kappa shape index (κ1) is 21.5. The number of hydrogen-bond acceptors (Lipinski definition) is 5. The lowest BCUT2D eigenvalue weighted by atomic mass is 10.0. The topological polar surface area (TPSA) is 116 Å². The van der Waals surface area contributed by atoms with Crippen LogP contribution in [0.25, 0.3) is 0 Å². The lowest BCUT2D eigenvalue weighted by molar-refractivity contribution is -0.125. The van der Waals surface area contributed by atoms with Crippen LogP contribution in [0.1, 0.15) is 40.9 Å². The van der Waals surface area contributed by atoms with E-state index in [2.05, 4.69) is 5.32 Å². The number of rotatable bonds is 7. The van der Waals surface area contributed by atoms with Crippen LogP contribution in [-0.4, -0.2) is 26.9 Å². The van der Waals surface area contributed by atoms with Gasteiger partial charge in [-0.1, -0.05) is 36.8 Å². The maximum Gasteiger partial charge on any atom is 0.341 e. The van der Waals surface area contributed by atoms with E-state index in [1.807, 2.05) is 38.1 Å². The molecule has 1 atom stereocenters. The first-order valence-electron chi connectivity index (χ1n) is 8.47. The highest BCUT2D eigenvalue weighted by atomic mass is 32.2. The third-order valence-electron chi connectivity index (χ3n) is 4.04. The fourth-order valence-corrected chi connectivity index (χ4v) is 3.04. The molecule has 0 bridgehead atoms. The van der Waals surface area contributed by atoms with Crippen LogP contribution in [0.3, 0.4) is 0 Å². The molecule has 0 aliphatic carbocycles. The van der Waals surface area contributed by atoms with Gasteiger partial charge in [-0.05, 0) is 37.1 Å². The van der Waals surface area contributed by atoms with E-state index >= 15 is 0 Å². The standard InChI is InChI=1S/C19H21FN2O5S/c1-3-17(13-6-4-12(2)5-7-13)22-18(23)11-27-19(24)15-10-14(28(21,25)26)8-9-16(15)20/h4-10,17H,3,11H2,1-2H3,(H,22,23)(H2,21,25,26)/t17-/m0/s1. The monoisotopic (exact) mass is 408 g/mol. The average molecular weight is 408 g/mol. The zero-order valence-electron chi connectivity index (χ0n) is 15.4. The first-order valence-corrected chi connectivity index (χ1v) is 10.0. The van der Waals surface area contributed by atoms with Crippen LogP contribution >= 0.6 is 0 Å². The zero-order valence-corrected chi connectivity index (χ0v) is 16.3. The molecule has 0 aliphatic rings. The van der Waals surface area contributed by atoms with E-state index in [-0.39, 0.29) is 6.04 Å². The molecule has 28 heavy (non-hydrogen) atoms. The quantitative estimate of drug-likeness (QED) is 0.682. The van der Waals surface area contributed by atoms with Crippen molar-refractivity contribution in [2.45, 2.75) is 31.2 Å². The highest BCUT2D eigenvalue weighted by molar-refractivity contribution is 7.89. The molecule has 2 aromatic rings. The minimum atomic E-state index is -4.11. The lowest BCUT2D eigenvalue weighted by Crippen LogP contribution is -2.32. The number of amides is 1. The molecule has 3 N–H and O–H groups in total. The van der Waals surface area contributed by atoms with Crippen molar-refractivity contribution in [2.24, 2.45) is 5.14 Å². The molecule has 0 spiro atoms. The molecule has 1 amide bonds. The van der Waals surface area contributed by atoms with E-state index < -0.39 is 44.8 Å². The predicted octanol–water partition coefficient (Wildman–Crippen LogP) is 2.21. The second kappa shape index (κ2) is 8.94. The Balaban J connectivity index is 2.02. The maximum atomic E-state index is 13.8. The molecular weight excluding hydrogens is 387 g/mol. The number of sulfonamides is 1. The highest BCUT2D eigenvalue weighted by Crippen LogP contribution is 2.18. The Kier molecular flexibility index (Phi) is 6.87. The van der Waals surface area contributed by atoms with Crippen LogP contribution in [0.4, 0.5) is 4.39 Å². The van der Waals surface area contributed by atoms with E-state index in [0.29, 0.717) is 6.42 Å². The molecule has 150 valence electrons. The Morgan fingerprint density at radius 2 is 1.82 bits per heavy atom. The summed E-state index contributed by atoms with van der Waals surface area (Å²) in [6.45, 7) is 3.21. The SMILES string of the molecule is CC[C@H](NC(=O)COC(=O)c1cc(S(N)(=O)=O)ccc1F)c1ccc(C)cc1. The van der Waals surface area contributed by atoms with Gasteiger partial charge in [0.1, 0.15) is 5.82 Å². The highest BCUT2D eigenvalue weighted by Gasteiger charge is 2.20. The summed E-state index contributed by atoms with van der Waals surface area (Å²) in [6, 6.07) is 9.86. The van der Waals surface area contributed by atoms with Gasteiger partial charge in [-0.3, -0.25) is 4.79 Å². The molecule has 0 heterocycles. The van der Waals surface area contributed by atoms with E-state index in [9.17, 15) is 22.4 Å². The first-order chi connectivity index (χ1) is 13.1. The van der Waals surface area contributed by atoms with Gasteiger partial charge in [0.25, 0.3) is 5.91 Å². The van der Waals surface area contributed by atoms with Crippen LogP contribution in [0, 0.1) is 12.7 Å². The Bertz CT molecular complexity index is 974. The molecule has 0 radical (unpaired) electrons. The minimum absolute atomic E-state index is 0.269. The summed E-state index contributed by atoms with van der Waals surface area (Å²) < 4.78 is 41.3. The average Bonchev–Trinajstić information content (AvgIpc) is 2.64. The van der Waals surface area contributed by atoms with Gasteiger partial charge in [0.2, 0.25) is 10.0 Å². The smallest absolute Gasteiger partial charge is 0.341 e. The van der Waals surface area contributed by atoms with Crippen molar-refractivity contribution in [3.8, 4) is 0 Å². The van der Waals surface area contributed by atoms with E-state index in [0.717, 1.165) is 29.3 Å². The third-order valence-corrected chi connectivity index (χ3v) is 4.95. The number of benzene rings is 2. The summed E-state index contributed by atoms with van der Waals surface area (Å²) in [5.41, 5.74) is 1.37. The number of nitrogens with two attached hydrogens (primary N) is 1. The van der Waals surface area contributed by atoms with Crippen LogP contribution in [0.15, 0.2) is 47.4 Å². The van der Waals surface area contributed by atoms with Gasteiger partial charge in [0.05, 0.1) is 16.5 Å². The van der Waals surface area contributed by atoms with Crippen LogP contribution < -0.4 is 10.5 Å². The number of carbonyl (C=O) groups is 2. The predicted molar refractivity (Wildman–Crippen MR) is 100 cm³/mol. The number of halogens is 1. The summed E-state index contributed by atoms with van der Waals surface area (Å²) in [5, 5.41) is 7.70. The molecule has 0 fully saturated rings. The molecule has 2 aromatic carbocycles. The van der Waals surface area contributed by atoms with Crippen molar-refractivity contribution >= 4 is 21.9 Å². The zero-order chi connectivity index (χ0) is 20.9. The molecular formula is C19H21FN2O5S. The fraction of sp³-hybridized carbons (Fsp3) is 0.263. The van der Waals surface area contributed by atoms with Crippen molar-refractivity contribution < 1.29 is 27.1 Å². The Morgan fingerprint density at radius 3 is 2.39 bits per heavy atom. The van der Waals surface area contributed by atoms with Gasteiger partial charge < -0.3 is 10.1 Å². The Hall–Kier alpha value is -2.78. The second-order valence-corrected chi connectivity index (χ2v) is 7.76. The van der Waals surface area contributed by atoms with Crippen molar-refractivity contribution in [1.29, 1.82) is 0 Å². The van der Waals surface area contributed by atoms with Gasteiger partial charge in [-0.25, -0.2) is 22.7 Å². The normalized spacial score (nSPS) is 12.3. The van der Waals surface area contributed by atoms with Crippen molar-refractivity contribution in [3.05, 3.63) is 65.0 Å². The van der Waals surface area contributed by atoms with Crippen LogP contribution in [0.2, 0.25) is 0 Å². The largest absolute Gasteiger partial charge is 0.452 e. The van der Waals surface area contributed by atoms with Crippen molar-refractivity contribution in [2.75, 3.05) is 6.61 Å². The van der Waals surface area contributed by atoms with Gasteiger partial charge in [0, 0.05) is 0 Å². The Morgan fingerprint density at radius 1 is 1.18 bits per heavy atom. The number of primary sulfonamides is 1. The van der Waals surface area contributed by atoms with Crippen LogP contribution in [-0.2, 0) is 19.6 Å². The summed E-state index contributed by atoms with van der Waals surface area (Å²) in [7, 11) is -4.11. The second-order valence-electron chi connectivity index (χ2n) is 6.20. The molecule has 9 heteroatoms. The number of aryl methyl sites for hydroxylation is 1. The molecule has 0 unspecified atom stereocenters. The number of hydrogen-bond donors (Lipinski definition) is 2. The Labute approximate surface area is 162 Å². The van der Waals surface area contributed by atoms with Gasteiger partial charge in [0.15, 0.2) is 6.61 Å². The van der Waals surface area contributed by atoms with E-state index in [1.54, 1.807) is 0 Å². The van der Waals surface area contributed by atoms with Gasteiger partial charge in [-0.2, -0.15) is 0 Å². The molecule has 2 rings (SSSR count). The molecule has 7 nitrogen and oxygen atoms in total. The van der Waals surface area contributed by atoms with Crippen LogP contribution in [0.5, 0.6) is 0 Å². The fourth-order valence-electron chi connectivity index (χ4n) is 2.50. The molecule has 0 saturated heterocycles. The maximum absolute atomic E-state index is 13.8. The lowest BCUT2D eigenvalue weighted by Gasteiger charge is -2.17. The minimum Gasteiger partial charge on any atom is -0.452 e. The summed E-state index contributed by atoms with van der Waals surface area (Å²) in [5.74, 6) is -2.71. The van der Waals surface area contributed by atoms with Gasteiger partial charge >= 0.3 is 5.97 Å². The third kappa shape index (κ3) is 5.61. The number of ether oxygens (including phenoxy) is 1. The summed E-state index contributed by atoms with van der Waals surface area (Å²) in [4.78, 5) is 23.7. The summed E-state index contributed by atoms with van der Waals surface area (Å²) in [6.07, 6.45) is 0.619. The summed E-state index contributed by atoms with van der Waals surface area (Å²) >= 11 is 0. The van der Waals surface area contributed by atoms with E-state index in [4.69, 9.17) is 9.88 Å². The number of nitrogens with one attached hydrogen (secondary N) is 1. The van der Waals surface area contributed by atoms with E-state index in [1.165, 1.54) is 0 Å². The molecule has 0 saturated carbocycles. The van der Waals surface area contributed by atoms with Crippen molar-refractivity contribution in [3.63, 3.8) is 0 Å². The molecule has 0 aromatic heterocycles. The molecule has 0 aliphatic heterocycles.